The highest BCUT2D eigenvalue weighted by molar-refractivity contribution is 6.59. The molecule has 4 atom stereocenters. The molecule has 0 saturated heterocycles. The van der Waals surface area contributed by atoms with Crippen LogP contribution in [0.15, 0.2) is 65.7 Å². The van der Waals surface area contributed by atoms with Crippen molar-refractivity contribution in [2.75, 3.05) is 16.0 Å². The molecule has 3 fully saturated rings. The summed E-state index contributed by atoms with van der Waals surface area (Å²) < 4.78 is 0. The van der Waals surface area contributed by atoms with E-state index in [0.717, 1.165) is 81.6 Å². The van der Waals surface area contributed by atoms with Crippen molar-refractivity contribution in [3.8, 4) is 0 Å². The minimum atomic E-state index is -0.827. The summed E-state index contributed by atoms with van der Waals surface area (Å²) in [6.45, 7) is 14.0. The van der Waals surface area contributed by atoms with Gasteiger partial charge in [-0.1, -0.05) is 90.1 Å². The molecule has 0 bridgehead atoms. The Kier molecular flexibility index (Phi) is 6.05. The third-order valence-electron chi connectivity index (χ3n) is 11.9. The molecule has 2 heterocycles. The number of Topliss-reactive ketones (excluding diaryl/α,β-unsaturated/α-hetero) is 2. The van der Waals surface area contributed by atoms with Gasteiger partial charge in [-0.15, -0.1) is 0 Å². The first-order valence-corrected chi connectivity index (χ1v) is 17.9. The van der Waals surface area contributed by atoms with E-state index < -0.39 is 11.6 Å². The largest absolute Gasteiger partial charge is 0.362 e. The highest BCUT2D eigenvalue weighted by Gasteiger charge is 2.50. The van der Waals surface area contributed by atoms with Crippen LogP contribution in [0.4, 0.5) is 17.1 Å². The van der Waals surface area contributed by atoms with Crippen molar-refractivity contribution >= 4 is 55.7 Å². The molecule has 0 amide bonds. The van der Waals surface area contributed by atoms with E-state index in [1.165, 1.54) is 6.42 Å². The first-order chi connectivity index (χ1) is 22.8. The topological polar surface area (TPSA) is 82.6 Å². The highest BCUT2D eigenvalue weighted by Crippen LogP contribution is 2.52. The second kappa shape index (κ2) is 9.71. The Bertz CT molecular complexity index is 2220. The van der Waals surface area contributed by atoms with E-state index in [9.17, 15) is 9.59 Å². The summed E-state index contributed by atoms with van der Waals surface area (Å²) in [6.07, 6.45) is 6.06. The summed E-state index contributed by atoms with van der Waals surface area (Å²) in [4.78, 5) is 34.4. The molecule has 246 valence electrons. The first kappa shape index (κ1) is 29.9. The zero-order valence-corrected chi connectivity index (χ0v) is 29.0. The van der Waals surface area contributed by atoms with Gasteiger partial charge in [0.05, 0.1) is 16.6 Å². The zero-order chi connectivity index (χ0) is 33.4. The summed E-state index contributed by atoms with van der Waals surface area (Å²) in [6, 6.07) is 20.7. The Morgan fingerprint density at radius 3 is 1.98 bits per heavy atom. The van der Waals surface area contributed by atoms with Crippen LogP contribution < -0.4 is 26.5 Å². The fourth-order valence-electron chi connectivity index (χ4n) is 11.1. The summed E-state index contributed by atoms with van der Waals surface area (Å²) in [5.41, 5.74) is 3.60. The van der Waals surface area contributed by atoms with Crippen LogP contribution in [0.5, 0.6) is 0 Å². The van der Waals surface area contributed by atoms with Crippen molar-refractivity contribution in [3.63, 3.8) is 0 Å². The van der Waals surface area contributed by atoms with Crippen molar-refractivity contribution in [1.29, 1.82) is 0 Å². The van der Waals surface area contributed by atoms with Gasteiger partial charge >= 0.3 is 0 Å². The molecule has 0 radical (unpaired) electrons. The molecule has 0 aromatic heterocycles. The van der Waals surface area contributed by atoms with Crippen LogP contribution in [0.25, 0.3) is 27.1 Å². The molecule has 3 aliphatic carbocycles. The van der Waals surface area contributed by atoms with Gasteiger partial charge in [0.15, 0.2) is 11.6 Å². The Balaban J connectivity index is 1.20. The number of ketones is 2. The highest BCUT2D eigenvalue weighted by atomic mass is 16.2. The minimum Gasteiger partial charge on any atom is -0.362 e. The van der Waals surface area contributed by atoms with E-state index in [-0.39, 0.29) is 28.1 Å². The third-order valence-corrected chi connectivity index (χ3v) is 11.9. The van der Waals surface area contributed by atoms with E-state index in [1.807, 2.05) is 18.2 Å². The van der Waals surface area contributed by atoms with Crippen LogP contribution in [-0.2, 0) is 9.59 Å². The van der Waals surface area contributed by atoms with Gasteiger partial charge in [0.2, 0.25) is 0 Å². The molecule has 3 saturated carbocycles. The predicted molar refractivity (Wildman–Crippen MR) is 195 cm³/mol. The number of hydrogen-bond acceptors (Lipinski definition) is 6. The zero-order valence-electron chi connectivity index (χ0n) is 29.0. The van der Waals surface area contributed by atoms with Crippen molar-refractivity contribution in [3.05, 3.63) is 76.8 Å². The quantitative estimate of drug-likeness (QED) is 0.184. The lowest BCUT2D eigenvalue weighted by Crippen LogP contribution is -2.55. The van der Waals surface area contributed by atoms with Gasteiger partial charge in [0, 0.05) is 27.4 Å². The maximum Gasteiger partial charge on any atom is 0.182 e. The molecule has 3 N–H and O–H groups in total. The molecule has 4 aromatic carbocycles. The second-order valence-electron chi connectivity index (χ2n) is 17.6. The van der Waals surface area contributed by atoms with E-state index in [2.05, 4.69) is 100.0 Å². The molecule has 4 aromatic rings. The van der Waals surface area contributed by atoms with E-state index in [0.29, 0.717) is 22.6 Å². The lowest BCUT2D eigenvalue weighted by molar-refractivity contribution is -0.129. The van der Waals surface area contributed by atoms with Crippen molar-refractivity contribution < 1.29 is 9.59 Å². The van der Waals surface area contributed by atoms with Gasteiger partial charge in [-0.05, 0) is 89.7 Å². The smallest absolute Gasteiger partial charge is 0.182 e. The Morgan fingerprint density at radius 1 is 0.667 bits per heavy atom. The fourth-order valence-corrected chi connectivity index (χ4v) is 11.1. The molecular weight excluding hydrogens is 592 g/mol. The number of carbonyl (C=O) groups excluding carboxylic acids is 2. The summed E-state index contributed by atoms with van der Waals surface area (Å²) in [7, 11) is 0. The van der Waals surface area contributed by atoms with E-state index in [1.54, 1.807) is 0 Å². The van der Waals surface area contributed by atoms with Crippen molar-refractivity contribution in [2.24, 2.45) is 27.7 Å². The van der Waals surface area contributed by atoms with Gasteiger partial charge in [0.1, 0.15) is 17.2 Å². The van der Waals surface area contributed by atoms with Crippen LogP contribution in [0.3, 0.4) is 0 Å². The van der Waals surface area contributed by atoms with Crippen LogP contribution >= 0.6 is 0 Å². The van der Waals surface area contributed by atoms with Crippen LogP contribution in [0, 0.1) is 22.7 Å². The molecule has 5 aliphatic rings. The number of nitrogens with zero attached hydrogens (tertiary/aromatic N) is 1. The van der Waals surface area contributed by atoms with Gasteiger partial charge in [-0.3, -0.25) is 14.6 Å². The SMILES string of the molecule is CC1CC(C)(C)CC2(C1)N=c1c(=C3C(=O)C(c4ccc5cccc6c5c4NC4(CC(C)CC(C)(C)C4)N6)C3=O)ccc3cccc(c13)N2. The summed E-state index contributed by atoms with van der Waals surface area (Å²) >= 11 is 0. The summed E-state index contributed by atoms with van der Waals surface area (Å²) in [5.74, 6) is -0.00471. The molecule has 6 nitrogen and oxygen atoms in total. The molecule has 4 unspecified atom stereocenters. The third kappa shape index (κ3) is 4.40. The standard InChI is InChI=1S/C42H46N4O2/c1-23-17-39(3,4)21-41(19-23)43-29-11-7-9-25-13-15-27(35(45-41)31(25)29)33-37(47)34(38(33)48)28-16-14-26-10-8-12-30-32(26)36(28)46-42(44-30)20-24(2)18-40(5,6)22-42/h7-16,23-24,33,43-45H,17-22H2,1-6H3. The van der Waals surface area contributed by atoms with Crippen LogP contribution in [0.1, 0.15) is 91.5 Å². The van der Waals surface area contributed by atoms with E-state index in [4.69, 9.17) is 4.99 Å². The normalized spacial score (nSPS) is 31.2. The maximum absolute atomic E-state index is 14.5. The lowest BCUT2D eigenvalue weighted by Gasteiger charge is -2.51. The van der Waals surface area contributed by atoms with Crippen LogP contribution in [-0.4, -0.2) is 22.9 Å². The van der Waals surface area contributed by atoms with Crippen molar-refractivity contribution in [1.82, 2.24) is 0 Å². The number of rotatable bonds is 1. The average Bonchev–Trinajstić information content (AvgIpc) is 2.97. The Morgan fingerprint density at radius 2 is 1.29 bits per heavy atom. The van der Waals surface area contributed by atoms with Gasteiger partial charge in [0.25, 0.3) is 0 Å². The number of nitrogens with one attached hydrogen (secondary N) is 3. The lowest BCUT2D eigenvalue weighted by atomic mass is 9.66. The van der Waals surface area contributed by atoms with Crippen molar-refractivity contribution in [2.45, 2.75) is 97.3 Å². The average molecular weight is 639 g/mol. The minimum absolute atomic E-state index is 0.104. The molecule has 6 heteroatoms. The monoisotopic (exact) mass is 638 g/mol. The summed E-state index contributed by atoms with van der Waals surface area (Å²) in [5, 5.41) is 17.4. The van der Waals surface area contributed by atoms with Crippen LogP contribution in [0.2, 0.25) is 0 Å². The Labute approximate surface area is 282 Å². The molecular formula is C42H46N4O2. The number of anilines is 3. The number of hydrogen-bond donors (Lipinski definition) is 3. The molecule has 2 aliphatic heterocycles. The van der Waals surface area contributed by atoms with E-state index >= 15 is 0 Å². The first-order valence-electron chi connectivity index (χ1n) is 17.9. The molecule has 9 rings (SSSR count). The van der Waals surface area contributed by atoms with Gasteiger partial charge in [-0.25, -0.2) is 0 Å². The maximum atomic E-state index is 14.5. The second-order valence-corrected chi connectivity index (χ2v) is 17.6. The molecule has 48 heavy (non-hydrogen) atoms. The molecule has 2 spiro atoms. The predicted octanol–water partition coefficient (Wildman–Crippen LogP) is 8.05. The number of carbonyl (C=O) groups is 2. The fraction of sp³-hybridized carbons (Fsp3) is 0.452. The van der Waals surface area contributed by atoms with Gasteiger partial charge < -0.3 is 16.0 Å². The Hall–Kier alpha value is -4.19. The number of benzene rings is 4. The van der Waals surface area contributed by atoms with Gasteiger partial charge in [-0.2, -0.15) is 0 Å².